The van der Waals surface area contributed by atoms with E-state index in [1.807, 2.05) is 12.1 Å². The molecular formula is C16H24ClNO. The van der Waals surface area contributed by atoms with Crippen LogP contribution in [0.15, 0.2) is 18.2 Å². The van der Waals surface area contributed by atoms with E-state index in [-0.39, 0.29) is 0 Å². The summed E-state index contributed by atoms with van der Waals surface area (Å²) in [6.45, 7) is 3.18. The lowest BCUT2D eigenvalue weighted by Crippen LogP contribution is -2.34. The van der Waals surface area contributed by atoms with Crippen molar-refractivity contribution in [1.29, 1.82) is 0 Å². The molecule has 0 aliphatic heterocycles. The molecule has 1 N–H and O–H groups in total. The maximum atomic E-state index is 6.14. The van der Waals surface area contributed by atoms with Crippen LogP contribution in [-0.4, -0.2) is 13.2 Å². The highest BCUT2D eigenvalue weighted by Crippen LogP contribution is 2.27. The highest BCUT2D eigenvalue weighted by molar-refractivity contribution is 6.32. The van der Waals surface area contributed by atoms with Gasteiger partial charge in [-0.05, 0) is 43.4 Å². The Balaban J connectivity index is 1.85. The van der Waals surface area contributed by atoms with Gasteiger partial charge in [-0.1, -0.05) is 36.9 Å². The van der Waals surface area contributed by atoms with Crippen molar-refractivity contribution in [3.8, 4) is 5.75 Å². The van der Waals surface area contributed by atoms with Gasteiger partial charge in [-0.15, -0.1) is 0 Å². The van der Waals surface area contributed by atoms with Gasteiger partial charge in [0.2, 0.25) is 0 Å². The Morgan fingerprint density at radius 2 is 2.05 bits per heavy atom. The van der Waals surface area contributed by atoms with Gasteiger partial charge in [-0.25, -0.2) is 0 Å². The van der Waals surface area contributed by atoms with Crippen LogP contribution in [-0.2, 0) is 6.54 Å². The Kier molecular flexibility index (Phi) is 5.53. The predicted octanol–water partition coefficient (Wildman–Crippen LogP) is 4.41. The number of rotatable bonds is 5. The minimum atomic E-state index is 0.584. The van der Waals surface area contributed by atoms with Crippen molar-refractivity contribution in [2.75, 3.05) is 7.11 Å². The standard InChI is InChI=1S/C16H24ClNO/c1-12(14-6-4-3-5-7-14)18-11-13-8-9-16(19-2)15(17)10-13/h8-10,12,14,18H,3-7,11H2,1-2H3/t12-/m1/s1. The van der Waals surface area contributed by atoms with Gasteiger partial charge >= 0.3 is 0 Å². The first-order valence-electron chi connectivity index (χ1n) is 7.26. The van der Waals surface area contributed by atoms with E-state index < -0.39 is 0 Å². The van der Waals surface area contributed by atoms with Crippen molar-refractivity contribution in [1.82, 2.24) is 5.32 Å². The third kappa shape index (κ3) is 4.12. The predicted molar refractivity (Wildman–Crippen MR) is 80.9 cm³/mol. The second kappa shape index (κ2) is 7.16. The Labute approximate surface area is 121 Å². The largest absolute Gasteiger partial charge is 0.495 e. The van der Waals surface area contributed by atoms with Crippen molar-refractivity contribution in [3.63, 3.8) is 0 Å². The van der Waals surface area contributed by atoms with Gasteiger partial charge in [0.05, 0.1) is 12.1 Å². The number of halogens is 1. The van der Waals surface area contributed by atoms with Gasteiger partial charge in [0, 0.05) is 12.6 Å². The summed E-state index contributed by atoms with van der Waals surface area (Å²) in [5.74, 6) is 1.58. The topological polar surface area (TPSA) is 21.3 Å². The summed E-state index contributed by atoms with van der Waals surface area (Å²) in [5, 5.41) is 4.32. The monoisotopic (exact) mass is 281 g/mol. The van der Waals surface area contributed by atoms with E-state index in [1.54, 1.807) is 7.11 Å². The quantitative estimate of drug-likeness (QED) is 0.863. The summed E-state index contributed by atoms with van der Waals surface area (Å²) >= 11 is 6.14. The van der Waals surface area contributed by atoms with Gasteiger partial charge in [-0.3, -0.25) is 0 Å². The first-order valence-corrected chi connectivity index (χ1v) is 7.64. The molecule has 1 aliphatic rings. The molecule has 0 radical (unpaired) electrons. The lowest BCUT2D eigenvalue weighted by Gasteiger charge is -2.28. The van der Waals surface area contributed by atoms with Crippen molar-refractivity contribution in [2.24, 2.45) is 5.92 Å². The van der Waals surface area contributed by atoms with Crippen LogP contribution in [0, 0.1) is 5.92 Å². The highest BCUT2D eigenvalue weighted by Gasteiger charge is 2.19. The minimum absolute atomic E-state index is 0.584. The van der Waals surface area contributed by atoms with E-state index in [1.165, 1.54) is 37.7 Å². The second-order valence-corrected chi connectivity index (χ2v) is 5.94. The van der Waals surface area contributed by atoms with Crippen LogP contribution in [0.25, 0.3) is 0 Å². The number of hydrogen-bond acceptors (Lipinski definition) is 2. The normalized spacial score (nSPS) is 18.3. The van der Waals surface area contributed by atoms with E-state index in [4.69, 9.17) is 16.3 Å². The Bertz CT molecular complexity index is 402. The fourth-order valence-electron chi connectivity index (χ4n) is 2.90. The number of methoxy groups -OCH3 is 1. The molecule has 1 aromatic rings. The number of ether oxygens (including phenoxy) is 1. The second-order valence-electron chi connectivity index (χ2n) is 5.54. The molecule has 0 spiro atoms. The molecule has 2 nitrogen and oxygen atoms in total. The summed E-state index contributed by atoms with van der Waals surface area (Å²) in [5.41, 5.74) is 1.22. The molecule has 2 rings (SSSR count). The summed E-state index contributed by atoms with van der Waals surface area (Å²) in [4.78, 5) is 0. The number of hydrogen-bond donors (Lipinski definition) is 1. The van der Waals surface area contributed by atoms with Crippen molar-refractivity contribution in [3.05, 3.63) is 28.8 Å². The SMILES string of the molecule is COc1ccc(CN[C@H](C)C2CCCCC2)cc1Cl. The van der Waals surface area contributed by atoms with E-state index in [0.717, 1.165) is 18.2 Å². The first kappa shape index (κ1) is 14.7. The van der Waals surface area contributed by atoms with Crippen LogP contribution in [0.4, 0.5) is 0 Å². The summed E-state index contributed by atoms with van der Waals surface area (Å²) in [6.07, 6.45) is 6.95. The molecule has 1 fully saturated rings. The van der Waals surface area contributed by atoms with Crippen molar-refractivity contribution >= 4 is 11.6 Å². The van der Waals surface area contributed by atoms with Crippen LogP contribution < -0.4 is 10.1 Å². The molecule has 3 heteroatoms. The summed E-state index contributed by atoms with van der Waals surface area (Å²) < 4.78 is 5.17. The maximum absolute atomic E-state index is 6.14. The molecule has 0 bridgehead atoms. The molecule has 0 saturated heterocycles. The molecule has 0 aromatic heterocycles. The molecule has 0 heterocycles. The van der Waals surface area contributed by atoms with E-state index in [9.17, 15) is 0 Å². The molecule has 1 saturated carbocycles. The van der Waals surface area contributed by atoms with Crippen molar-refractivity contribution in [2.45, 2.75) is 51.6 Å². The van der Waals surface area contributed by atoms with Gasteiger partial charge in [-0.2, -0.15) is 0 Å². The summed E-state index contributed by atoms with van der Waals surface area (Å²) in [6, 6.07) is 6.58. The van der Waals surface area contributed by atoms with E-state index >= 15 is 0 Å². The molecule has 0 amide bonds. The van der Waals surface area contributed by atoms with E-state index in [0.29, 0.717) is 11.1 Å². The Morgan fingerprint density at radius 1 is 1.32 bits per heavy atom. The minimum Gasteiger partial charge on any atom is -0.495 e. The average Bonchev–Trinajstić information content (AvgIpc) is 2.46. The third-order valence-corrected chi connectivity index (χ3v) is 4.50. The van der Waals surface area contributed by atoms with Gasteiger partial charge in [0.1, 0.15) is 5.75 Å². The molecule has 0 unspecified atom stereocenters. The van der Waals surface area contributed by atoms with Crippen LogP contribution in [0.3, 0.4) is 0 Å². The summed E-state index contributed by atoms with van der Waals surface area (Å²) in [7, 11) is 1.64. The fourth-order valence-corrected chi connectivity index (χ4v) is 3.18. The number of benzene rings is 1. The zero-order valence-corrected chi connectivity index (χ0v) is 12.7. The Hall–Kier alpha value is -0.730. The molecular weight excluding hydrogens is 258 g/mol. The van der Waals surface area contributed by atoms with Crippen LogP contribution >= 0.6 is 11.6 Å². The van der Waals surface area contributed by atoms with Crippen molar-refractivity contribution < 1.29 is 4.74 Å². The number of nitrogens with one attached hydrogen (secondary N) is 1. The first-order chi connectivity index (χ1) is 9.20. The fraction of sp³-hybridized carbons (Fsp3) is 0.625. The molecule has 1 aromatic carbocycles. The van der Waals surface area contributed by atoms with Crippen LogP contribution in [0.2, 0.25) is 5.02 Å². The van der Waals surface area contributed by atoms with Gasteiger partial charge in [0.25, 0.3) is 0 Å². The average molecular weight is 282 g/mol. The lowest BCUT2D eigenvalue weighted by molar-refractivity contribution is 0.280. The maximum Gasteiger partial charge on any atom is 0.137 e. The zero-order chi connectivity index (χ0) is 13.7. The lowest BCUT2D eigenvalue weighted by atomic mass is 9.84. The van der Waals surface area contributed by atoms with Gasteiger partial charge in [0.15, 0.2) is 0 Å². The highest BCUT2D eigenvalue weighted by atomic mass is 35.5. The third-order valence-electron chi connectivity index (χ3n) is 4.20. The molecule has 19 heavy (non-hydrogen) atoms. The van der Waals surface area contributed by atoms with Crippen LogP contribution in [0.1, 0.15) is 44.6 Å². The van der Waals surface area contributed by atoms with Gasteiger partial charge < -0.3 is 10.1 Å². The molecule has 1 atom stereocenters. The molecule has 106 valence electrons. The van der Waals surface area contributed by atoms with E-state index in [2.05, 4.69) is 18.3 Å². The smallest absolute Gasteiger partial charge is 0.137 e. The Morgan fingerprint density at radius 3 is 2.68 bits per heavy atom. The van der Waals surface area contributed by atoms with Crippen LogP contribution in [0.5, 0.6) is 5.75 Å². The zero-order valence-electron chi connectivity index (χ0n) is 11.9. The molecule has 1 aliphatic carbocycles.